The lowest BCUT2D eigenvalue weighted by Gasteiger charge is -2.24. The topological polar surface area (TPSA) is 75.4 Å². The monoisotopic (exact) mass is 315 g/mol. The lowest BCUT2D eigenvalue weighted by molar-refractivity contribution is -0.141. The van der Waals surface area contributed by atoms with Crippen LogP contribution in [-0.2, 0) is 17.8 Å². The minimum Gasteiger partial charge on any atom is -0.480 e. The van der Waals surface area contributed by atoms with Crippen molar-refractivity contribution in [1.29, 1.82) is 0 Å². The summed E-state index contributed by atoms with van der Waals surface area (Å²) in [7, 11) is 1.52. The first kappa shape index (κ1) is 16.7. The zero-order valence-corrected chi connectivity index (χ0v) is 13.3. The molecule has 1 aromatic carbocycles. The number of carbonyl (C=O) groups excluding carboxylic acids is 1. The highest BCUT2D eigenvalue weighted by Crippen LogP contribution is 2.12. The molecule has 2 aromatic rings. The minimum atomic E-state index is -1.02. The van der Waals surface area contributed by atoms with Crippen LogP contribution in [0.3, 0.4) is 0 Å². The molecule has 0 aliphatic heterocycles. The summed E-state index contributed by atoms with van der Waals surface area (Å²) in [5.74, 6) is -1.36. The second-order valence-corrected chi connectivity index (χ2v) is 5.45. The van der Waals surface area contributed by atoms with Crippen LogP contribution in [0.5, 0.6) is 0 Å². The van der Waals surface area contributed by atoms with E-state index in [1.807, 2.05) is 37.3 Å². The molecule has 0 saturated carbocycles. The Hall–Kier alpha value is -2.63. The van der Waals surface area contributed by atoms with Crippen molar-refractivity contribution in [3.63, 3.8) is 0 Å². The molecular formula is C17H21N3O3. The van der Waals surface area contributed by atoms with E-state index in [2.05, 4.69) is 5.10 Å². The predicted octanol–water partition coefficient (Wildman–Crippen LogP) is 2.06. The second-order valence-electron chi connectivity index (χ2n) is 5.45. The SMILES string of the molecule is CCCn1cc(C(=O)N(C)C(Cc2ccccc2)C(=O)O)cn1. The van der Waals surface area contributed by atoms with Crippen LogP contribution in [0.15, 0.2) is 42.7 Å². The molecule has 0 radical (unpaired) electrons. The number of amides is 1. The van der Waals surface area contributed by atoms with Crippen LogP contribution in [0.1, 0.15) is 29.3 Å². The van der Waals surface area contributed by atoms with Crippen molar-refractivity contribution in [2.24, 2.45) is 0 Å². The number of aromatic nitrogens is 2. The molecule has 0 fully saturated rings. The second kappa shape index (κ2) is 7.58. The highest BCUT2D eigenvalue weighted by molar-refractivity contribution is 5.96. The predicted molar refractivity (Wildman–Crippen MR) is 86.2 cm³/mol. The highest BCUT2D eigenvalue weighted by atomic mass is 16.4. The summed E-state index contributed by atoms with van der Waals surface area (Å²) in [6.45, 7) is 2.75. The number of likely N-dealkylation sites (N-methyl/N-ethyl adjacent to an activating group) is 1. The van der Waals surface area contributed by atoms with Crippen molar-refractivity contribution in [3.8, 4) is 0 Å². The maximum atomic E-state index is 12.5. The molecule has 1 heterocycles. The Morgan fingerprint density at radius 1 is 1.30 bits per heavy atom. The molecule has 0 aliphatic carbocycles. The Morgan fingerprint density at radius 3 is 2.61 bits per heavy atom. The van der Waals surface area contributed by atoms with E-state index in [0.29, 0.717) is 5.56 Å². The molecule has 2 rings (SSSR count). The number of hydrogen-bond donors (Lipinski definition) is 1. The van der Waals surface area contributed by atoms with Crippen LogP contribution in [0.4, 0.5) is 0 Å². The van der Waals surface area contributed by atoms with E-state index in [0.717, 1.165) is 18.5 Å². The fourth-order valence-electron chi connectivity index (χ4n) is 2.40. The van der Waals surface area contributed by atoms with Gasteiger partial charge in [0, 0.05) is 26.2 Å². The fourth-order valence-corrected chi connectivity index (χ4v) is 2.40. The van der Waals surface area contributed by atoms with Gasteiger partial charge in [0.15, 0.2) is 0 Å². The molecular weight excluding hydrogens is 294 g/mol. The third-order valence-electron chi connectivity index (χ3n) is 3.68. The zero-order chi connectivity index (χ0) is 16.8. The van der Waals surface area contributed by atoms with Crippen molar-refractivity contribution in [1.82, 2.24) is 14.7 Å². The molecule has 122 valence electrons. The lowest BCUT2D eigenvalue weighted by atomic mass is 10.0. The van der Waals surface area contributed by atoms with E-state index >= 15 is 0 Å². The highest BCUT2D eigenvalue weighted by Gasteiger charge is 2.28. The van der Waals surface area contributed by atoms with Gasteiger partial charge in [-0.2, -0.15) is 5.10 Å². The van der Waals surface area contributed by atoms with Gasteiger partial charge in [-0.1, -0.05) is 37.3 Å². The number of aliphatic carboxylic acids is 1. The van der Waals surface area contributed by atoms with E-state index in [-0.39, 0.29) is 12.3 Å². The number of rotatable bonds is 7. The molecule has 1 N–H and O–H groups in total. The molecule has 1 amide bonds. The van der Waals surface area contributed by atoms with Crippen LogP contribution < -0.4 is 0 Å². The number of carboxylic acid groups (broad SMARTS) is 1. The maximum absolute atomic E-state index is 12.5. The van der Waals surface area contributed by atoms with Gasteiger partial charge in [0.05, 0.1) is 11.8 Å². The van der Waals surface area contributed by atoms with Crippen LogP contribution in [0.2, 0.25) is 0 Å². The van der Waals surface area contributed by atoms with Gasteiger partial charge in [0.25, 0.3) is 5.91 Å². The number of benzene rings is 1. The van der Waals surface area contributed by atoms with Crippen LogP contribution >= 0.6 is 0 Å². The average molecular weight is 315 g/mol. The number of nitrogens with zero attached hydrogens (tertiary/aromatic N) is 3. The lowest BCUT2D eigenvalue weighted by Crippen LogP contribution is -2.43. The zero-order valence-electron chi connectivity index (χ0n) is 13.3. The Bertz CT molecular complexity index is 667. The van der Waals surface area contributed by atoms with Crippen LogP contribution in [-0.4, -0.2) is 44.8 Å². The van der Waals surface area contributed by atoms with E-state index in [9.17, 15) is 14.7 Å². The smallest absolute Gasteiger partial charge is 0.326 e. The Morgan fingerprint density at radius 2 is 2.00 bits per heavy atom. The van der Waals surface area contributed by atoms with Gasteiger partial charge in [-0.05, 0) is 12.0 Å². The van der Waals surface area contributed by atoms with Gasteiger partial charge in [-0.15, -0.1) is 0 Å². The van der Waals surface area contributed by atoms with Crippen molar-refractivity contribution >= 4 is 11.9 Å². The van der Waals surface area contributed by atoms with Gasteiger partial charge in [-0.3, -0.25) is 9.48 Å². The van der Waals surface area contributed by atoms with Gasteiger partial charge in [-0.25, -0.2) is 4.79 Å². The molecule has 0 spiro atoms. The first-order valence-electron chi connectivity index (χ1n) is 7.59. The Kier molecular flexibility index (Phi) is 5.51. The third-order valence-corrected chi connectivity index (χ3v) is 3.68. The summed E-state index contributed by atoms with van der Waals surface area (Å²) < 4.78 is 1.69. The molecule has 0 aliphatic rings. The van der Waals surface area contributed by atoms with Gasteiger partial charge < -0.3 is 10.0 Å². The van der Waals surface area contributed by atoms with Crippen LogP contribution in [0, 0.1) is 0 Å². The van der Waals surface area contributed by atoms with Gasteiger partial charge in [0.2, 0.25) is 0 Å². The third kappa shape index (κ3) is 4.18. The largest absolute Gasteiger partial charge is 0.480 e. The van der Waals surface area contributed by atoms with Crippen molar-refractivity contribution in [3.05, 3.63) is 53.9 Å². The summed E-state index contributed by atoms with van der Waals surface area (Å²) >= 11 is 0. The molecule has 1 unspecified atom stereocenters. The molecule has 1 aromatic heterocycles. The summed E-state index contributed by atoms with van der Waals surface area (Å²) in [4.78, 5) is 25.3. The standard InChI is InChI=1S/C17H21N3O3/c1-3-9-20-12-14(11-18-20)16(21)19(2)15(17(22)23)10-13-7-5-4-6-8-13/h4-8,11-12,15H,3,9-10H2,1-2H3,(H,22,23). The van der Waals surface area contributed by atoms with E-state index in [4.69, 9.17) is 0 Å². The first-order chi connectivity index (χ1) is 11.0. The molecule has 6 heteroatoms. The van der Waals surface area contributed by atoms with E-state index in [1.54, 1.807) is 10.9 Å². The Labute approximate surface area is 135 Å². The number of aryl methyl sites for hydroxylation is 1. The fraction of sp³-hybridized carbons (Fsp3) is 0.353. The number of carboxylic acids is 1. The first-order valence-corrected chi connectivity index (χ1v) is 7.59. The van der Waals surface area contributed by atoms with Crippen molar-refractivity contribution < 1.29 is 14.7 Å². The average Bonchev–Trinajstić information content (AvgIpc) is 3.01. The van der Waals surface area contributed by atoms with Crippen molar-refractivity contribution in [2.75, 3.05) is 7.05 Å². The molecule has 6 nitrogen and oxygen atoms in total. The summed E-state index contributed by atoms with van der Waals surface area (Å²) in [5, 5.41) is 13.6. The van der Waals surface area contributed by atoms with Crippen molar-refractivity contribution in [2.45, 2.75) is 32.4 Å². The number of hydrogen-bond acceptors (Lipinski definition) is 3. The van der Waals surface area contributed by atoms with E-state index in [1.165, 1.54) is 18.1 Å². The number of carbonyl (C=O) groups is 2. The molecule has 1 atom stereocenters. The minimum absolute atomic E-state index is 0.265. The van der Waals surface area contributed by atoms with Gasteiger partial charge >= 0.3 is 5.97 Å². The quantitative estimate of drug-likeness (QED) is 0.848. The molecule has 23 heavy (non-hydrogen) atoms. The molecule has 0 saturated heterocycles. The van der Waals surface area contributed by atoms with E-state index < -0.39 is 12.0 Å². The van der Waals surface area contributed by atoms with Gasteiger partial charge in [0.1, 0.15) is 6.04 Å². The molecule has 0 bridgehead atoms. The van der Waals surface area contributed by atoms with Crippen LogP contribution in [0.25, 0.3) is 0 Å². The summed E-state index contributed by atoms with van der Waals surface area (Å²) in [6.07, 6.45) is 4.32. The summed E-state index contributed by atoms with van der Waals surface area (Å²) in [6, 6.07) is 8.37. The summed E-state index contributed by atoms with van der Waals surface area (Å²) in [5.41, 5.74) is 1.28. The Balaban J connectivity index is 2.14. The normalized spacial score (nSPS) is 11.9. The maximum Gasteiger partial charge on any atom is 0.326 e.